The molecule has 242 valence electrons. The highest BCUT2D eigenvalue weighted by Crippen LogP contribution is 2.44. The van der Waals surface area contributed by atoms with Gasteiger partial charge in [-0.2, -0.15) is 0 Å². The Morgan fingerprint density at radius 2 is 0.885 bits per heavy atom. The van der Waals surface area contributed by atoms with Crippen molar-refractivity contribution in [2.75, 3.05) is 0 Å². The predicted octanol–water partition coefficient (Wildman–Crippen LogP) is 12.6. The van der Waals surface area contributed by atoms with Crippen LogP contribution in [0, 0.1) is 0 Å². The molecule has 0 fully saturated rings. The summed E-state index contributed by atoms with van der Waals surface area (Å²) in [6, 6.07) is 56.2. The summed E-state index contributed by atoms with van der Waals surface area (Å²) in [5.74, 6) is 1.79. The third-order valence-electron chi connectivity index (χ3n) is 10.1. The highest BCUT2D eigenvalue weighted by molar-refractivity contribution is 6.22. The van der Waals surface area contributed by atoms with E-state index >= 15 is 0 Å². The lowest BCUT2D eigenvalue weighted by atomic mass is 9.92. The van der Waals surface area contributed by atoms with Crippen LogP contribution in [-0.2, 0) is 0 Å². The molecule has 0 atom stereocenters. The molecule has 0 N–H and O–H groups in total. The fraction of sp³-hybridized carbons (Fsp3) is 0. The maximum absolute atomic E-state index is 6.61. The molecule has 0 aliphatic rings. The van der Waals surface area contributed by atoms with Crippen molar-refractivity contribution < 1.29 is 8.83 Å². The Bertz CT molecular complexity index is 3190. The van der Waals surface area contributed by atoms with Crippen molar-refractivity contribution in [1.82, 2.24) is 15.0 Å². The molecule has 0 aliphatic heterocycles. The maximum Gasteiger partial charge on any atom is 0.164 e. The van der Waals surface area contributed by atoms with Gasteiger partial charge in [0, 0.05) is 38.2 Å². The Kier molecular flexibility index (Phi) is 6.18. The summed E-state index contributed by atoms with van der Waals surface area (Å²) in [4.78, 5) is 15.5. The van der Waals surface area contributed by atoms with Crippen molar-refractivity contribution in [1.29, 1.82) is 0 Å². The zero-order valence-electron chi connectivity index (χ0n) is 27.7. The third kappa shape index (κ3) is 4.46. The largest absolute Gasteiger partial charge is 0.456 e. The number of hydrogen-bond acceptors (Lipinski definition) is 5. The van der Waals surface area contributed by atoms with Crippen molar-refractivity contribution in [2.45, 2.75) is 0 Å². The van der Waals surface area contributed by atoms with Crippen molar-refractivity contribution in [2.24, 2.45) is 0 Å². The van der Waals surface area contributed by atoms with E-state index in [0.717, 1.165) is 93.2 Å². The van der Waals surface area contributed by atoms with Gasteiger partial charge in [0.05, 0.1) is 0 Å². The highest BCUT2D eigenvalue weighted by atomic mass is 16.3. The van der Waals surface area contributed by atoms with Crippen LogP contribution in [0.5, 0.6) is 0 Å². The molecule has 0 saturated carbocycles. The van der Waals surface area contributed by atoms with Crippen molar-refractivity contribution in [3.8, 4) is 45.3 Å². The molecule has 0 radical (unpaired) electrons. The Labute approximate surface area is 297 Å². The third-order valence-corrected chi connectivity index (χ3v) is 10.1. The number of nitrogens with zero attached hydrogens (tertiary/aromatic N) is 3. The average Bonchev–Trinajstić information content (AvgIpc) is 3.78. The van der Waals surface area contributed by atoms with Crippen LogP contribution < -0.4 is 0 Å². The number of fused-ring (bicyclic) bond motifs is 9. The number of aromatic nitrogens is 3. The Morgan fingerprint density at radius 1 is 0.308 bits per heavy atom. The first kappa shape index (κ1) is 28.7. The molecular weight excluding hydrogens is 639 g/mol. The number of rotatable bonds is 4. The van der Waals surface area contributed by atoms with Gasteiger partial charge in [0.1, 0.15) is 22.3 Å². The molecule has 5 nitrogen and oxygen atoms in total. The topological polar surface area (TPSA) is 65.0 Å². The van der Waals surface area contributed by atoms with E-state index in [0.29, 0.717) is 17.5 Å². The molecule has 52 heavy (non-hydrogen) atoms. The number of benzene rings is 8. The van der Waals surface area contributed by atoms with E-state index in [4.69, 9.17) is 23.8 Å². The van der Waals surface area contributed by atoms with Crippen molar-refractivity contribution in [3.63, 3.8) is 0 Å². The van der Waals surface area contributed by atoms with Gasteiger partial charge in [-0.3, -0.25) is 0 Å². The molecule has 8 aromatic carbocycles. The van der Waals surface area contributed by atoms with Crippen LogP contribution in [-0.4, -0.2) is 15.0 Å². The van der Waals surface area contributed by atoms with Gasteiger partial charge in [-0.05, 0) is 69.1 Å². The molecule has 11 aromatic rings. The molecule has 11 rings (SSSR count). The first-order valence-electron chi connectivity index (χ1n) is 17.3. The first-order valence-corrected chi connectivity index (χ1v) is 17.3. The SMILES string of the molecule is c1ccc(-c2nc(-c3ccc4ccccc4c3)nc(-c3cc(-c4cc5oc6ccccc6c5c5ccccc45)cc4oc5ccccc5c34)n2)cc1. The fourth-order valence-electron chi connectivity index (χ4n) is 7.68. The van der Waals surface area contributed by atoms with Gasteiger partial charge in [-0.1, -0.05) is 127 Å². The Morgan fingerprint density at radius 3 is 1.65 bits per heavy atom. The van der Waals surface area contributed by atoms with Crippen molar-refractivity contribution >= 4 is 65.4 Å². The first-order chi connectivity index (χ1) is 25.7. The lowest BCUT2D eigenvalue weighted by molar-refractivity contribution is 0.668. The Balaban J connectivity index is 1.22. The minimum absolute atomic E-state index is 0.574. The highest BCUT2D eigenvalue weighted by Gasteiger charge is 2.22. The summed E-state index contributed by atoms with van der Waals surface area (Å²) in [6.45, 7) is 0. The van der Waals surface area contributed by atoms with E-state index in [1.165, 1.54) is 0 Å². The molecule has 0 spiro atoms. The molecule has 3 aromatic heterocycles. The quantitative estimate of drug-likeness (QED) is 0.187. The summed E-state index contributed by atoms with van der Waals surface area (Å²) in [7, 11) is 0. The second kappa shape index (κ2) is 11.2. The van der Waals surface area contributed by atoms with E-state index in [1.54, 1.807) is 0 Å². The molecule has 0 amide bonds. The second-order valence-electron chi connectivity index (χ2n) is 13.2. The Hall–Kier alpha value is -7.11. The molecule has 0 unspecified atom stereocenters. The average molecular weight is 666 g/mol. The summed E-state index contributed by atoms with van der Waals surface area (Å²) in [5.41, 5.74) is 8.00. The summed E-state index contributed by atoms with van der Waals surface area (Å²) in [5, 5.41) is 8.74. The number of furan rings is 2. The van der Waals surface area contributed by atoms with Gasteiger partial charge >= 0.3 is 0 Å². The van der Waals surface area contributed by atoms with E-state index in [9.17, 15) is 0 Å². The van der Waals surface area contributed by atoms with Crippen LogP contribution in [0.25, 0.3) is 111 Å². The minimum atomic E-state index is 0.574. The van der Waals surface area contributed by atoms with Crippen molar-refractivity contribution in [3.05, 3.63) is 164 Å². The molecule has 0 saturated heterocycles. The van der Waals surface area contributed by atoms with Gasteiger partial charge in [-0.15, -0.1) is 0 Å². The van der Waals surface area contributed by atoms with Crippen LogP contribution in [0.1, 0.15) is 0 Å². The number of hydrogen-bond donors (Lipinski definition) is 0. The van der Waals surface area contributed by atoms with Gasteiger partial charge in [0.2, 0.25) is 0 Å². The zero-order valence-corrected chi connectivity index (χ0v) is 27.7. The smallest absolute Gasteiger partial charge is 0.164 e. The fourth-order valence-corrected chi connectivity index (χ4v) is 7.68. The minimum Gasteiger partial charge on any atom is -0.456 e. The predicted molar refractivity (Wildman–Crippen MR) is 211 cm³/mol. The van der Waals surface area contributed by atoms with Crippen LogP contribution in [0.2, 0.25) is 0 Å². The maximum atomic E-state index is 6.61. The van der Waals surface area contributed by atoms with Gasteiger partial charge < -0.3 is 8.83 Å². The van der Waals surface area contributed by atoms with Gasteiger partial charge in [0.15, 0.2) is 17.5 Å². The summed E-state index contributed by atoms with van der Waals surface area (Å²) >= 11 is 0. The molecule has 0 aliphatic carbocycles. The lowest BCUT2D eigenvalue weighted by Crippen LogP contribution is -2.00. The molecule has 5 heteroatoms. The standard InChI is InChI=1S/C47H27N3O2/c1-2-13-29(14-3-1)45-48-46(31-23-22-28-12-4-5-15-30(28)24-31)50-47(49-45)38-25-32(26-41-44(38)36-19-9-11-21-40(36)51-41)37-27-42-43(34-17-7-6-16-33(34)37)35-18-8-10-20-39(35)52-42/h1-27H. The lowest BCUT2D eigenvalue weighted by Gasteiger charge is -2.13. The van der Waals surface area contributed by atoms with Gasteiger partial charge in [0.25, 0.3) is 0 Å². The van der Waals surface area contributed by atoms with Gasteiger partial charge in [-0.25, -0.2) is 15.0 Å². The van der Waals surface area contributed by atoms with E-state index in [1.807, 2.05) is 60.7 Å². The van der Waals surface area contributed by atoms with E-state index in [-0.39, 0.29) is 0 Å². The van der Waals surface area contributed by atoms with E-state index < -0.39 is 0 Å². The molecule has 3 heterocycles. The molecular formula is C47H27N3O2. The monoisotopic (exact) mass is 665 g/mol. The van der Waals surface area contributed by atoms with E-state index in [2.05, 4.69) is 103 Å². The molecule has 0 bridgehead atoms. The van der Waals surface area contributed by atoms with Crippen LogP contribution in [0.3, 0.4) is 0 Å². The zero-order chi connectivity index (χ0) is 34.2. The normalized spacial score (nSPS) is 11.8. The summed E-state index contributed by atoms with van der Waals surface area (Å²) < 4.78 is 13.1. The number of para-hydroxylation sites is 2. The van der Waals surface area contributed by atoms with Crippen LogP contribution >= 0.6 is 0 Å². The second-order valence-corrected chi connectivity index (χ2v) is 13.2. The van der Waals surface area contributed by atoms with Crippen LogP contribution in [0.4, 0.5) is 0 Å². The summed E-state index contributed by atoms with van der Waals surface area (Å²) in [6.07, 6.45) is 0. The van der Waals surface area contributed by atoms with Crippen LogP contribution in [0.15, 0.2) is 173 Å².